The maximum atomic E-state index is 11.8. The fourth-order valence-corrected chi connectivity index (χ4v) is 2.73. The number of ether oxygens (including phenoxy) is 1. The quantitative estimate of drug-likeness (QED) is 0.795. The van der Waals surface area contributed by atoms with Gasteiger partial charge in [0.25, 0.3) is 0 Å². The van der Waals surface area contributed by atoms with Crippen LogP contribution in [-0.2, 0) is 4.79 Å². The summed E-state index contributed by atoms with van der Waals surface area (Å²) in [5.74, 6) is 0.336. The van der Waals surface area contributed by atoms with E-state index in [2.05, 4.69) is 5.32 Å². The number of nitrogens with one attached hydrogen (secondary N) is 1. The molecular weight excluding hydrogens is 322 g/mol. The zero-order valence-electron chi connectivity index (χ0n) is 12.0. The third-order valence-electron chi connectivity index (χ3n) is 3.00. The van der Waals surface area contributed by atoms with Gasteiger partial charge in [0.2, 0.25) is 5.91 Å². The Bertz CT molecular complexity index is 655. The van der Waals surface area contributed by atoms with E-state index in [4.69, 9.17) is 16.3 Å². The van der Waals surface area contributed by atoms with Gasteiger partial charge in [-0.05, 0) is 46.7 Å². The van der Waals surface area contributed by atoms with Gasteiger partial charge in [0.05, 0.1) is 13.2 Å². The van der Waals surface area contributed by atoms with E-state index in [1.54, 1.807) is 31.4 Å². The van der Waals surface area contributed by atoms with Gasteiger partial charge in [0, 0.05) is 23.2 Å². The number of halogens is 1. The van der Waals surface area contributed by atoms with Crippen molar-refractivity contribution in [1.82, 2.24) is 5.32 Å². The number of benzene rings is 1. The van der Waals surface area contributed by atoms with Gasteiger partial charge < -0.3 is 15.2 Å². The minimum atomic E-state index is -0.704. The summed E-state index contributed by atoms with van der Waals surface area (Å²) in [4.78, 5) is 11.8. The molecule has 1 aromatic carbocycles. The lowest BCUT2D eigenvalue weighted by Crippen LogP contribution is -2.26. The molecule has 0 radical (unpaired) electrons. The minimum absolute atomic E-state index is 0.159. The number of amides is 1. The number of hydrogen-bond acceptors (Lipinski definition) is 4. The van der Waals surface area contributed by atoms with Crippen molar-refractivity contribution in [3.05, 3.63) is 57.3 Å². The number of methoxy groups -OCH3 is 1. The van der Waals surface area contributed by atoms with Gasteiger partial charge in [-0.1, -0.05) is 11.6 Å². The SMILES string of the molecule is COc1ccc(Cl)cc1/C=C/C(=O)NCC(O)c1ccsc1. The Morgan fingerprint density at radius 1 is 1.50 bits per heavy atom. The summed E-state index contributed by atoms with van der Waals surface area (Å²) >= 11 is 7.43. The van der Waals surface area contributed by atoms with E-state index < -0.39 is 6.10 Å². The molecule has 2 N–H and O–H groups in total. The molecule has 0 aliphatic heterocycles. The molecule has 1 unspecified atom stereocenters. The molecule has 1 aromatic heterocycles. The molecule has 4 nitrogen and oxygen atoms in total. The van der Waals surface area contributed by atoms with Crippen LogP contribution in [0, 0.1) is 0 Å². The van der Waals surface area contributed by atoms with Crippen molar-refractivity contribution in [2.45, 2.75) is 6.10 Å². The van der Waals surface area contributed by atoms with E-state index >= 15 is 0 Å². The summed E-state index contributed by atoms with van der Waals surface area (Å²) < 4.78 is 5.20. The fourth-order valence-electron chi connectivity index (χ4n) is 1.84. The maximum absolute atomic E-state index is 11.8. The number of hydrogen-bond donors (Lipinski definition) is 2. The second-order valence-corrected chi connectivity index (χ2v) is 5.75. The minimum Gasteiger partial charge on any atom is -0.496 e. The van der Waals surface area contributed by atoms with Crippen molar-refractivity contribution in [2.24, 2.45) is 0 Å². The van der Waals surface area contributed by atoms with Crippen molar-refractivity contribution in [3.63, 3.8) is 0 Å². The van der Waals surface area contributed by atoms with Crippen LogP contribution in [0.25, 0.3) is 6.08 Å². The summed E-state index contributed by atoms with van der Waals surface area (Å²) in [6, 6.07) is 6.99. The third kappa shape index (κ3) is 4.59. The van der Waals surface area contributed by atoms with Crippen LogP contribution in [-0.4, -0.2) is 24.7 Å². The van der Waals surface area contributed by atoms with Gasteiger partial charge in [-0.25, -0.2) is 0 Å². The molecule has 0 saturated heterocycles. The average molecular weight is 338 g/mol. The van der Waals surface area contributed by atoms with Crippen molar-refractivity contribution < 1.29 is 14.6 Å². The number of aliphatic hydroxyl groups excluding tert-OH is 1. The van der Waals surface area contributed by atoms with Crippen molar-refractivity contribution in [1.29, 1.82) is 0 Å². The number of thiophene rings is 1. The Balaban J connectivity index is 1.93. The van der Waals surface area contributed by atoms with Gasteiger partial charge in [0.1, 0.15) is 5.75 Å². The predicted molar refractivity (Wildman–Crippen MR) is 89.3 cm³/mol. The van der Waals surface area contributed by atoms with Crippen LogP contribution in [0.2, 0.25) is 5.02 Å². The van der Waals surface area contributed by atoms with Crippen molar-refractivity contribution >= 4 is 34.9 Å². The van der Waals surface area contributed by atoms with E-state index in [0.29, 0.717) is 16.3 Å². The van der Waals surface area contributed by atoms with Crippen molar-refractivity contribution in [3.8, 4) is 5.75 Å². The fraction of sp³-hybridized carbons (Fsp3) is 0.188. The summed E-state index contributed by atoms with van der Waals surface area (Å²) in [7, 11) is 1.55. The van der Waals surface area contributed by atoms with E-state index in [-0.39, 0.29) is 12.5 Å². The molecule has 116 valence electrons. The van der Waals surface area contributed by atoms with E-state index in [0.717, 1.165) is 5.56 Å². The van der Waals surface area contributed by atoms with E-state index in [1.807, 2.05) is 16.8 Å². The first-order valence-corrected chi connectivity index (χ1v) is 7.92. The standard InChI is InChI=1S/C16H16ClNO3S/c1-21-15-4-3-13(17)8-11(15)2-5-16(20)18-9-14(19)12-6-7-22-10-12/h2-8,10,14,19H,9H2,1H3,(H,18,20)/b5-2+. The Kier molecular flexibility index (Phi) is 6.00. The zero-order valence-corrected chi connectivity index (χ0v) is 13.5. The highest BCUT2D eigenvalue weighted by Gasteiger charge is 2.08. The molecule has 22 heavy (non-hydrogen) atoms. The molecule has 1 atom stereocenters. The molecule has 1 amide bonds. The number of rotatable bonds is 6. The van der Waals surface area contributed by atoms with Crippen LogP contribution in [0.4, 0.5) is 0 Å². The number of carbonyl (C=O) groups is 1. The lowest BCUT2D eigenvalue weighted by molar-refractivity contribution is -0.116. The molecule has 0 aliphatic rings. The van der Waals surface area contributed by atoms with Crippen molar-refractivity contribution in [2.75, 3.05) is 13.7 Å². The van der Waals surface area contributed by atoms with Gasteiger partial charge in [-0.15, -0.1) is 0 Å². The summed E-state index contributed by atoms with van der Waals surface area (Å²) in [6.45, 7) is 0.159. The highest BCUT2D eigenvalue weighted by molar-refractivity contribution is 7.07. The molecule has 0 bridgehead atoms. The lowest BCUT2D eigenvalue weighted by atomic mass is 10.2. The van der Waals surface area contributed by atoms with Gasteiger partial charge >= 0.3 is 0 Å². The lowest BCUT2D eigenvalue weighted by Gasteiger charge is -2.09. The number of carbonyl (C=O) groups excluding carboxylic acids is 1. The van der Waals surface area contributed by atoms with E-state index in [1.165, 1.54) is 17.4 Å². The van der Waals surface area contributed by atoms with Crippen LogP contribution in [0.3, 0.4) is 0 Å². The van der Waals surface area contributed by atoms with Gasteiger partial charge in [-0.3, -0.25) is 4.79 Å². The maximum Gasteiger partial charge on any atom is 0.244 e. The molecule has 0 fully saturated rings. The predicted octanol–water partition coefficient (Wildman–Crippen LogP) is 3.27. The summed E-state index contributed by atoms with van der Waals surface area (Å²) in [5.41, 5.74) is 1.51. The Morgan fingerprint density at radius 3 is 3.00 bits per heavy atom. The molecule has 1 heterocycles. The first-order chi connectivity index (χ1) is 10.6. The Labute approximate surface area is 138 Å². The largest absolute Gasteiger partial charge is 0.496 e. The molecular formula is C16H16ClNO3S. The van der Waals surface area contributed by atoms with Gasteiger partial charge in [0.15, 0.2) is 0 Å². The van der Waals surface area contributed by atoms with Crippen LogP contribution in [0.5, 0.6) is 5.75 Å². The second-order valence-electron chi connectivity index (χ2n) is 4.54. The smallest absolute Gasteiger partial charge is 0.244 e. The molecule has 6 heteroatoms. The monoisotopic (exact) mass is 337 g/mol. The van der Waals surface area contributed by atoms with Crippen LogP contribution in [0.1, 0.15) is 17.2 Å². The zero-order chi connectivity index (χ0) is 15.9. The Hall–Kier alpha value is -1.82. The summed E-state index contributed by atoms with van der Waals surface area (Å²) in [6.07, 6.45) is 2.30. The summed E-state index contributed by atoms with van der Waals surface area (Å²) in [5, 5.41) is 16.8. The van der Waals surface area contributed by atoms with Crippen LogP contribution >= 0.6 is 22.9 Å². The normalized spacial score (nSPS) is 12.3. The molecule has 0 saturated carbocycles. The Morgan fingerprint density at radius 2 is 2.32 bits per heavy atom. The topological polar surface area (TPSA) is 58.6 Å². The molecule has 0 aliphatic carbocycles. The highest BCUT2D eigenvalue weighted by Crippen LogP contribution is 2.23. The average Bonchev–Trinajstić information content (AvgIpc) is 3.05. The first kappa shape index (κ1) is 16.5. The second kappa shape index (κ2) is 7.98. The molecule has 2 aromatic rings. The highest BCUT2D eigenvalue weighted by atomic mass is 35.5. The van der Waals surface area contributed by atoms with Crippen LogP contribution in [0.15, 0.2) is 41.1 Å². The first-order valence-electron chi connectivity index (χ1n) is 6.59. The van der Waals surface area contributed by atoms with Crippen LogP contribution < -0.4 is 10.1 Å². The van der Waals surface area contributed by atoms with Gasteiger partial charge in [-0.2, -0.15) is 11.3 Å². The van der Waals surface area contributed by atoms with E-state index in [9.17, 15) is 9.90 Å². The molecule has 0 spiro atoms. The number of aliphatic hydroxyl groups is 1. The third-order valence-corrected chi connectivity index (χ3v) is 3.94. The molecule has 2 rings (SSSR count).